The van der Waals surface area contributed by atoms with Gasteiger partial charge in [-0.2, -0.15) is 0 Å². The Kier molecular flexibility index (Phi) is 14.7. The van der Waals surface area contributed by atoms with Crippen LogP contribution in [-0.2, 0) is 3.74 Å². The van der Waals surface area contributed by atoms with E-state index in [0.717, 1.165) is 13.1 Å². The molecule has 0 spiro atoms. The van der Waals surface area contributed by atoms with Gasteiger partial charge in [0.1, 0.15) is 0 Å². The molecule has 0 saturated heterocycles. The van der Waals surface area contributed by atoms with E-state index in [9.17, 15) is 3.74 Å². The fourth-order valence-electron chi connectivity index (χ4n) is 4.52. The first-order valence-corrected chi connectivity index (χ1v) is 24.7. The van der Waals surface area contributed by atoms with Gasteiger partial charge in [0.15, 0.2) is 0 Å². The Morgan fingerprint density at radius 1 is 0.639 bits per heavy atom. The van der Waals surface area contributed by atoms with Crippen LogP contribution in [0.1, 0.15) is 59.3 Å². The SMILES string of the molecule is CCC[CH2][Sn]([CH2]CCC)([CH2]CCC)[N]=C=S.O=[As](c1ccccc1)(c1ccccc1)c1ccccc1. The fourth-order valence-corrected chi connectivity index (χ4v) is 23.7. The van der Waals surface area contributed by atoms with Crippen LogP contribution in [0.3, 0.4) is 0 Å². The summed E-state index contributed by atoms with van der Waals surface area (Å²) in [5, 5.41) is 2.74. The van der Waals surface area contributed by atoms with Crippen LogP contribution in [0, 0.1) is 0 Å². The normalized spacial score (nSPS) is 11.2. The fraction of sp³-hybridized carbons (Fsp3) is 0.387. The first kappa shape index (κ1) is 30.8. The Hall–Kier alpha value is -1.38. The van der Waals surface area contributed by atoms with Crippen LogP contribution in [0.4, 0.5) is 0 Å². The molecule has 0 atom stereocenters. The first-order chi connectivity index (χ1) is 17.6. The predicted octanol–water partition coefficient (Wildman–Crippen LogP) is 7.52. The number of unbranched alkanes of at least 4 members (excludes halogenated alkanes) is 3. The number of hydrogen-bond acceptors (Lipinski definition) is 3. The number of rotatable bonds is 13. The molecule has 0 heterocycles. The second-order valence-electron chi connectivity index (χ2n) is 9.35. The number of nitrogens with zero attached hydrogens (tertiary/aromatic N) is 1. The summed E-state index contributed by atoms with van der Waals surface area (Å²) in [6, 6.07) is 29.4. The van der Waals surface area contributed by atoms with Crippen molar-refractivity contribution in [3.8, 4) is 0 Å². The molecular weight excluding hydrogens is 628 g/mol. The summed E-state index contributed by atoms with van der Waals surface area (Å²) in [5.74, 6) is 0. The number of isothiocyanates is 1. The molecule has 0 saturated carbocycles. The molecule has 0 bridgehead atoms. The Morgan fingerprint density at radius 3 is 1.19 bits per heavy atom. The molecule has 0 amide bonds. The van der Waals surface area contributed by atoms with E-state index in [1.165, 1.54) is 51.8 Å². The quantitative estimate of drug-likeness (QED) is 0.107. The van der Waals surface area contributed by atoms with Gasteiger partial charge in [0.2, 0.25) is 0 Å². The average molecular weight is 670 g/mol. The summed E-state index contributed by atoms with van der Waals surface area (Å²) in [6.07, 6.45) is 7.94. The van der Waals surface area contributed by atoms with E-state index in [2.05, 4.69) is 25.9 Å². The zero-order valence-electron chi connectivity index (χ0n) is 22.2. The van der Waals surface area contributed by atoms with E-state index in [4.69, 9.17) is 15.4 Å². The van der Waals surface area contributed by atoms with Gasteiger partial charge in [0.05, 0.1) is 0 Å². The summed E-state index contributed by atoms with van der Waals surface area (Å²) in [4.78, 5) is 0. The molecule has 3 aromatic carbocycles. The second kappa shape index (κ2) is 17.2. The van der Waals surface area contributed by atoms with Crippen LogP contribution in [-0.4, -0.2) is 37.3 Å². The maximum absolute atomic E-state index is 13.9. The van der Waals surface area contributed by atoms with E-state index in [1.807, 2.05) is 91.0 Å². The summed E-state index contributed by atoms with van der Waals surface area (Å²) >= 11 is -0.907. The van der Waals surface area contributed by atoms with Crippen molar-refractivity contribution in [3.63, 3.8) is 0 Å². The van der Waals surface area contributed by atoms with Crippen LogP contribution in [0.25, 0.3) is 0 Å². The third-order valence-electron chi connectivity index (χ3n) is 6.63. The van der Waals surface area contributed by atoms with E-state index < -0.39 is 32.1 Å². The molecule has 0 aliphatic carbocycles. The summed E-state index contributed by atoms with van der Waals surface area (Å²) < 4.78 is 25.6. The monoisotopic (exact) mass is 671 g/mol. The third-order valence-corrected chi connectivity index (χ3v) is 26.3. The van der Waals surface area contributed by atoms with Crippen molar-refractivity contribution < 1.29 is 3.74 Å². The van der Waals surface area contributed by atoms with E-state index in [1.54, 1.807) is 0 Å². The standard InChI is InChI=1S/C18H15AsO.3C4H9.CNS.Sn/c20-19(16-10-4-1-5-11-16,17-12-6-2-7-13-17)18-14-8-3-9-15-18;3*1-3-4-2;2-1-3;/h1-15H;3*1,3-4H2,2H3;;/q;;;;-1;+1. The molecule has 0 unspecified atom stereocenters. The summed E-state index contributed by atoms with van der Waals surface area (Å²) in [6.45, 7) is 6.83. The molecule has 192 valence electrons. The molecule has 0 aliphatic rings. The van der Waals surface area contributed by atoms with Crippen molar-refractivity contribution in [1.29, 1.82) is 0 Å². The van der Waals surface area contributed by atoms with Gasteiger partial charge in [-0.1, -0.05) is 0 Å². The zero-order chi connectivity index (χ0) is 26.1. The summed E-state index contributed by atoms with van der Waals surface area (Å²) in [5.41, 5.74) is 0. The van der Waals surface area contributed by atoms with E-state index >= 15 is 0 Å². The van der Waals surface area contributed by atoms with Gasteiger partial charge in [-0.3, -0.25) is 0 Å². The molecule has 0 fully saturated rings. The Bertz CT molecular complexity index is 960. The van der Waals surface area contributed by atoms with Gasteiger partial charge in [0, 0.05) is 0 Å². The van der Waals surface area contributed by atoms with E-state index in [-0.39, 0.29) is 0 Å². The molecule has 5 heteroatoms. The van der Waals surface area contributed by atoms with Gasteiger partial charge < -0.3 is 0 Å². The van der Waals surface area contributed by atoms with Crippen LogP contribution in [0.2, 0.25) is 13.3 Å². The minimum atomic E-state index is -3.54. The average Bonchev–Trinajstić information content (AvgIpc) is 2.95. The minimum absolute atomic E-state index is 0.933. The van der Waals surface area contributed by atoms with Crippen molar-refractivity contribution in [3.05, 3.63) is 91.0 Å². The van der Waals surface area contributed by atoms with Gasteiger partial charge in [0.25, 0.3) is 0 Å². The van der Waals surface area contributed by atoms with Crippen molar-refractivity contribution >= 4 is 62.6 Å². The number of benzene rings is 3. The molecule has 0 aliphatic heterocycles. The second-order valence-corrected chi connectivity index (χ2v) is 27.3. The number of hydrogen-bond donors (Lipinski definition) is 0. The van der Waals surface area contributed by atoms with Crippen LogP contribution < -0.4 is 13.1 Å². The van der Waals surface area contributed by atoms with Crippen LogP contribution >= 0.6 is 12.2 Å². The molecule has 3 aromatic rings. The van der Waals surface area contributed by atoms with Gasteiger partial charge in [-0.05, 0) is 0 Å². The van der Waals surface area contributed by atoms with Gasteiger partial charge in [-0.25, -0.2) is 0 Å². The molecule has 3 rings (SSSR count). The number of thiocarbonyl (C=S) groups is 1. The zero-order valence-corrected chi connectivity index (χ0v) is 27.8. The molecule has 0 radical (unpaired) electrons. The predicted molar refractivity (Wildman–Crippen MR) is 165 cm³/mol. The van der Waals surface area contributed by atoms with E-state index in [0.29, 0.717) is 0 Å². The topological polar surface area (TPSA) is 29.4 Å². The Balaban J connectivity index is 0.000000262. The molecular formula is C31H42AsNOSSn. The first-order valence-electron chi connectivity index (χ1n) is 13.4. The Labute approximate surface area is 231 Å². The van der Waals surface area contributed by atoms with Crippen molar-refractivity contribution in [2.45, 2.75) is 72.6 Å². The molecule has 0 N–H and O–H groups in total. The van der Waals surface area contributed by atoms with Crippen molar-refractivity contribution in [2.75, 3.05) is 0 Å². The molecule has 2 nitrogen and oxygen atoms in total. The maximum atomic E-state index is 13.9. The molecule has 36 heavy (non-hydrogen) atoms. The molecule has 0 aromatic heterocycles. The van der Waals surface area contributed by atoms with Crippen molar-refractivity contribution in [2.24, 2.45) is 3.21 Å². The van der Waals surface area contributed by atoms with Gasteiger partial charge in [-0.15, -0.1) is 0 Å². The van der Waals surface area contributed by atoms with Crippen LogP contribution in [0.15, 0.2) is 94.2 Å². The summed E-state index contributed by atoms with van der Waals surface area (Å²) in [7, 11) is 0. The third kappa shape index (κ3) is 9.17. The van der Waals surface area contributed by atoms with Crippen molar-refractivity contribution in [1.82, 2.24) is 0 Å². The van der Waals surface area contributed by atoms with Crippen LogP contribution in [0.5, 0.6) is 0 Å². The Morgan fingerprint density at radius 2 is 0.944 bits per heavy atom. The van der Waals surface area contributed by atoms with Gasteiger partial charge >= 0.3 is 233 Å².